The molecule has 19 heavy (non-hydrogen) atoms. The van der Waals surface area contributed by atoms with Crippen LogP contribution in [-0.4, -0.2) is 19.1 Å². The van der Waals surface area contributed by atoms with Gasteiger partial charge in [0.1, 0.15) is 5.75 Å². The quantitative estimate of drug-likeness (QED) is 0.820. The summed E-state index contributed by atoms with van der Waals surface area (Å²) in [6.45, 7) is 9.21. The van der Waals surface area contributed by atoms with Crippen molar-refractivity contribution < 1.29 is 9.53 Å². The maximum Gasteiger partial charge on any atom is 0.257 e. The van der Waals surface area contributed by atoms with Crippen molar-refractivity contribution in [1.29, 1.82) is 0 Å². The Hall–Kier alpha value is -1.51. The topological polar surface area (TPSA) is 38.3 Å². The minimum Gasteiger partial charge on any atom is -0.484 e. The number of ether oxygens (including phenoxy) is 1. The van der Waals surface area contributed by atoms with Crippen LogP contribution in [0, 0.1) is 19.8 Å². The van der Waals surface area contributed by atoms with Gasteiger partial charge in [0.25, 0.3) is 5.91 Å². The Balaban J connectivity index is 2.35. The molecule has 3 heteroatoms. The maximum absolute atomic E-state index is 11.7. The molecule has 0 atom stereocenters. The van der Waals surface area contributed by atoms with Gasteiger partial charge in [-0.3, -0.25) is 4.79 Å². The highest BCUT2D eigenvalue weighted by Crippen LogP contribution is 2.16. The Kier molecular flexibility index (Phi) is 6.40. The van der Waals surface area contributed by atoms with E-state index in [9.17, 15) is 4.79 Å². The van der Waals surface area contributed by atoms with E-state index >= 15 is 0 Å². The molecule has 0 unspecified atom stereocenters. The zero-order valence-electron chi connectivity index (χ0n) is 12.5. The first-order chi connectivity index (χ1) is 9.06. The van der Waals surface area contributed by atoms with Gasteiger partial charge in [0.2, 0.25) is 0 Å². The second-order valence-corrected chi connectivity index (χ2v) is 5.02. The lowest BCUT2D eigenvalue weighted by atomic mass is 10.0. The highest BCUT2D eigenvalue weighted by molar-refractivity contribution is 5.77. The first-order valence-electron chi connectivity index (χ1n) is 7.03. The Morgan fingerprint density at radius 3 is 2.47 bits per heavy atom. The van der Waals surface area contributed by atoms with E-state index in [1.54, 1.807) is 0 Å². The van der Waals surface area contributed by atoms with E-state index in [1.807, 2.05) is 25.1 Å². The van der Waals surface area contributed by atoms with E-state index in [0.29, 0.717) is 5.92 Å². The molecule has 3 nitrogen and oxygen atoms in total. The number of amides is 1. The van der Waals surface area contributed by atoms with Crippen molar-refractivity contribution in [2.75, 3.05) is 13.2 Å². The monoisotopic (exact) mass is 263 g/mol. The third-order valence-electron chi connectivity index (χ3n) is 3.59. The summed E-state index contributed by atoms with van der Waals surface area (Å²) in [5, 5.41) is 2.92. The molecule has 1 N–H and O–H groups in total. The first kappa shape index (κ1) is 15.5. The smallest absolute Gasteiger partial charge is 0.257 e. The van der Waals surface area contributed by atoms with Crippen LogP contribution < -0.4 is 10.1 Å². The number of hydrogen-bond donors (Lipinski definition) is 1. The summed E-state index contributed by atoms with van der Waals surface area (Å²) >= 11 is 0. The van der Waals surface area contributed by atoms with Gasteiger partial charge in [0.05, 0.1) is 0 Å². The standard InChI is InChI=1S/C16H25NO2/c1-5-14(6-2)10-17-16(18)11-19-15-8-7-12(3)13(4)9-15/h7-9,14H,5-6,10-11H2,1-4H3,(H,17,18). The molecule has 0 bridgehead atoms. The summed E-state index contributed by atoms with van der Waals surface area (Å²) in [6, 6.07) is 5.87. The number of carbonyl (C=O) groups excluding carboxylic acids is 1. The van der Waals surface area contributed by atoms with Crippen LogP contribution in [0.4, 0.5) is 0 Å². The molecule has 0 aromatic heterocycles. The summed E-state index contributed by atoms with van der Waals surface area (Å²) in [5.41, 5.74) is 2.40. The van der Waals surface area contributed by atoms with Crippen molar-refractivity contribution in [2.24, 2.45) is 5.92 Å². The molecule has 0 aliphatic carbocycles. The molecule has 106 valence electrons. The number of hydrogen-bond acceptors (Lipinski definition) is 2. The lowest BCUT2D eigenvalue weighted by Crippen LogP contribution is -2.32. The molecule has 1 aromatic carbocycles. The highest BCUT2D eigenvalue weighted by atomic mass is 16.5. The summed E-state index contributed by atoms with van der Waals surface area (Å²) in [5.74, 6) is 1.26. The summed E-state index contributed by atoms with van der Waals surface area (Å²) < 4.78 is 5.49. The molecule has 0 saturated heterocycles. The van der Waals surface area contributed by atoms with Gasteiger partial charge in [-0.15, -0.1) is 0 Å². The maximum atomic E-state index is 11.7. The number of benzene rings is 1. The Bertz CT molecular complexity index is 411. The van der Waals surface area contributed by atoms with Crippen molar-refractivity contribution in [3.63, 3.8) is 0 Å². The SMILES string of the molecule is CCC(CC)CNC(=O)COc1ccc(C)c(C)c1. The van der Waals surface area contributed by atoms with Crippen LogP contribution in [0.2, 0.25) is 0 Å². The number of nitrogens with one attached hydrogen (secondary N) is 1. The van der Waals surface area contributed by atoms with Crippen molar-refractivity contribution in [3.05, 3.63) is 29.3 Å². The van der Waals surface area contributed by atoms with Crippen LogP contribution >= 0.6 is 0 Å². The number of carbonyl (C=O) groups is 1. The Morgan fingerprint density at radius 2 is 1.89 bits per heavy atom. The van der Waals surface area contributed by atoms with Crippen LogP contribution in [0.25, 0.3) is 0 Å². The van der Waals surface area contributed by atoms with Gasteiger partial charge in [-0.25, -0.2) is 0 Å². The third kappa shape index (κ3) is 5.33. The van der Waals surface area contributed by atoms with Crippen molar-refractivity contribution in [3.8, 4) is 5.75 Å². The van der Waals surface area contributed by atoms with Gasteiger partial charge in [0.15, 0.2) is 6.61 Å². The van der Waals surface area contributed by atoms with Crippen LogP contribution in [0.1, 0.15) is 37.8 Å². The van der Waals surface area contributed by atoms with Gasteiger partial charge in [0, 0.05) is 6.54 Å². The summed E-state index contributed by atoms with van der Waals surface area (Å²) in [4.78, 5) is 11.7. The van der Waals surface area contributed by atoms with Crippen molar-refractivity contribution in [1.82, 2.24) is 5.32 Å². The summed E-state index contributed by atoms with van der Waals surface area (Å²) in [6.07, 6.45) is 2.18. The molecule has 1 aromatic rings. The second-order valence-electron chi connectivity index (χ2n) is 5.02. The van der Waals surface area contributed by atoms with Crippen molar-refractivity contribution >= 4 is 5.91 Å². The van der Waals surface area contributed by atoms with E-state index in [4.69, 9.17) is 4.74 Å². The van der Waals surface area contributed by atoms with E-state index < -0.39 is 0 Å². The molecule has 0 spiro atoms. The molecule has 0 aliphatic rings. The summed E-state index contributed by atoms with van der Waals surface area (Å²) in [7, 11) is 0. The second kappa shape index (κ2) is 7.82. The lowest BCUT2D eigenvalue weighted by molar-refractivity contribution is -0.123. The molecule has 1 rings (SSSR count). The zero-order chi connectivity index (χ0) is 14.3. The normalized spacial score (nSPS) is 10.6. The average Bonchev–Trinajstić information content (AvgIpc) is 2.41. The van der Waals surface area contributed by atoms with Gasteiger partial charge < -0.3 is 10.1 Å². The Labute approximate surface area is 116 Å². The molecule has 1 amide bonds. The molecule has 0 fully saturated rings. The minimum absolute atomic E-state index is 0.0508. The molecular formula is C16H25NO2. The Morgan fingerprint density at radius 1 is 1.21 bits per heavy atom. The van der Waals surface area contributed by atoms with Gasteiger partial charge in [-0.05, 0) is 43.0 Å². The molecule has 0 radical (unpaired) electrons. The fourth-order valence-corrected chi connectivity index (χ4v) is 1.84. The van der Waals surface area contributed by atoms with Crippen LogP contribution in [-0.2, 0) is 4.79 Å². The van der Waals surface area contributed by atoms with Crippen LogP contribution in [0.3, 0.4) is 0 Å². The fourth-order valence-electron chi connectivity index (χ4n) is 1.84. The van der Waals surface area contributed by atoms with E-state index in [0.717, 1.165) is 25.1 Å². The average molecular weight is 263 g/mol. The number of aryl methyl sites for hydroxylation is 2. The molecule has 0 heterocycles. The highest BCUT2D eigenvalue weighted by Gasteiger charge is 2.07. The van der Waals surface area contributed by atoms with Crippen LogP contribution in [0.15, 0.2) is 18.2 Å². The number of rotatable bonds is 7. The molecular weight excluding hydrogens is 238 g/mol. The van der Waals surface area contributed by atoms with Gasteiger partial charge in [-0.2, -0.15) is 0 Å². The zero-order valence-corrected chi connectivity index (χ0v) is 12.5. The van der Waals surface area contributed by atoms with Gasteiger partial charge in [-0.1, -0.05) is 32.8 Å². The lowest BCUT2D eigenvalue weighted by Gasteiger charge is -2.13. The predicted molar refractivity (Wildman–Crippen MR) is 78.5 cm³/mol. The predicted octanol–water partition coefficient (Wildman–Crippen LogP) is 3.23. The largest absolute Gasteiger partial charge is 0.484 e. The van der Waals surface area contributed by atoms with E-state index in [-0.39, 0.29) is 12.5 Å². The molecule has 0 aliphatic heterocycles. The van der Waals surface area contributed by atoms with Crippen LogP contribution in [0.5, 0.6) is 5.75 Å². The van der Waals surface area contributed by atoms with Gasteiger partial charge >= 0.3 is 0 Å². The van der Waals surface area contributed by atoms with E-state index in [2.05, 4.69) is 26.1 Å². The third-order valence-corrected chi connectivity index (χ3v) is 3.59. The minimum atomic E-state index is -0.0508. The molecule has 0 saturated carbocycles. The first-order valence-corrected chi connectivity index (χ1v) is 7.03. The fraction of sp³-hybridized carbons (Fsp3) is 0.562. The van der Waals surface area contributed by atoms with Crippen molar-refractivity contribution in [2.45, 2.75) is 40.5 Å². The van der Waals surface area contributed by atoms with E-state index in [1.165, 1.54) is 11.1 Å².